The standard InChI is InChI=1S/C48H60N8O6/c1-10-21-55(46(58)41(28(4)5)54(7)48(60)62-9)29(6)43-49-26-39(51-43)35-18-17-33-22-32(15-16-34(33)23-35)30-11-13-31(14-12-30)38-25-50-44(52-38)42-36-19-20-37(24-36)56(42)45(57)40(27(2)3)53-47(59)61-8/h11-18,22-23,25-29,36-37,40-42H,10,19-21,24H2,1-9H3,(H,49,51)(H,50,52)(H,53,59). The first-order valence-corrected chi connectivity index (χ1v) is 21.8. The highest BCUT2D eigenvalue weighted by Gasteiger charge is 2.51. The third-order valence-corrected chi connectivity index (χ3v) is 12.8. The van der Waals surface area contributed by atoms with Gasteiger partial charge in [0.05, 0.1) is 50.1 Å². The summed E-state index contributed by atoms with van der Waals surface area (Å²) in [7, 11) is 4.23. The number of hydrogen-bond donors (Lipinski definition) is 3. The molecule has 1 aliphatic heterocycles. The first-order chi connectivity index (χ1) is 29.7. The van der Waals surface area contributed by atoms with Gasteiger partial charge in [0.15, 0.2) is 0 Å². The van der Waals surface area contributed by atoms with Crippen molar-refractivity contribution in [2.45, 2.75) is 97.4 Å². The fourth-order valence-electron chi connectivity index (χ4n) is 9.49. The van der Waals surface area contributed by atoms with E-state index in [1.165, 1.54) is 19.1 Å². The van der Waals surface area contributed by atoms with Crippen LogP contribution in [0.2, 0.25) is 0 Å². The summed E-state index contributed by atoms with van der Waals surface area (Å²) in [5.74, 6) is 1.29. The second-order valence-electron chi connectivity index (χ2n) is 17.5. The van der Waals surface area contributed by atoms with E-state index in [4.69, 9.17) is 19.4 Å². The molecule has 2 aliphatic rings. The van der Waals surface area contributed by atoms with E-state index < -0.39 is 24.3 Å². The summed E-state index contributed by atoms with van der Waals surface area (Å²) in [6, 6.07) is 19.4. The third kappa shape index (κ3) is 8.64. The van der Waals surface area contributed by atoms with E-state index in [9.17, 15) is 19.2 Å². The van der Waals surface area contributed by atoms with Crippen molar-refractivity contribution in [3.63, 3.8) is 0 Å². The van der Waals surface area contributed by atoms with E-state index in [-0.39, 0.29) is 41.8 Å². The van der Waals surface area contributed by atoms with Crippen LogP contribution in [0.1, 0.15) is 91.0 Å². The number of likely N-dealkylation sites (N-methyl/N-ethyl adjacent to an activating group) is 1. The van der Waals surface area contributed by atoms with Gasteiger partial charge in [-0.3, -0.25) is 14.5 Å². The van der Waals surface area contributed by atoms with Crippen LogP contribution in [0.3, 0.4) is 0 Å². The molecule has 0 spiro atoms. The summed E-state index contributed by atoms with van der Waals surface area (Å²) in [4.78, 5) is 74.1. The molecule has 4 amide bonds. The molecular weight excluding hydrogens is 785 g/mol. The van der Waals surface area contributed by atoms with Gasteiger partial charge in [0, 0.05) is 25.2 Å². The molecule has 3 N–H and O–H groups in total. The van der Waals surface area contributed by atoms with E-state index in [1.807, 2.05) is 52.6 Å². The Bertz CT molecular complexity index is 2410. The Morgan fingerprint density at radius 3 is 2.08 bits per heavy atom. The lowest BCUT2D eigenvalue weighted by Gasteiger charge is -2.37. The number of likely N-dealkylation sites (tertiary alicyclic amines) is 1. The number of rotatable bonds is 14. The Balaban J connectivity index is 1.05. The monoisotopic (exact) mass is 844 g/mol. The quantitative estimate of drug-likeness (QED) is 0.0999. The van der Waals surface area contributed by atoms with Crippen LogP contribution in [-0.2, 0) is 19.1 Å². The molecule has 2 bridgehead atoms. The third-order valence-electron chi connectivity index (χ3n) is 12.8. The molecule has 6 unspecified atom stereocenters. The highest BCUT2D eigenvalue weighted by molar-refractivity contribution is 5.91. The number of ether oxygens (including phenoxy) is 2. The Morgan fingerprint density at radius 2 is 1.44 bits per heavy atom. The molecule has 1 saturated heterocycles. The number of methoxy groups -OCH3 is 2. The van der Waals surface area contributed by atoms with E-state index in [0.717, 1.165) is 75.9 Å². The number of nitrogens with zero attached hydrogens (tertiary/aromatic N) is 5. The maximum atomic E-state index is 14.0. The van der Waals surface area contributed by atoms with Crippen LogP contribution in [0.5, 0.6) is 0 Å². The summed E-state index contributed by atoms with van der Waals surface area (Å²) in [5, 5.41) is 4.94. The number of carbonyl (C=O) groups is 4. The first kappa shape index (κ1) is 43.9. The van der Waals surface area contributed by atoms with Crippen LogP contribution in [0.4, 0.5) is 9.59 Å². The Hall–Kier alpha value is -6.18. The summed E-state index contributed by atoms with van der Waals surface area (Å²) in [5.41, 5.74) is 5.88. The number of aromatic amines is 2. The van der Waals surface area contributed by atoms with Crippen molar-refractivity contribution < 1.29 is 28.7 Å². The van der Waals surface area contributed by atoms with E-state index in [0.29, 0.717) is 18.3 Å². The van der Waals surface area contributed by atoms with E-state index in [1.54, 1.807) is 18.1 Å². The normalized spacial score (nSPS) is 18.5. The number of hydrogen-bond acceptors (Lipinski definition) is 8. The number of fused-ring (bicyclic) bond motifs is 3. The SMILES string of the molecule is CCCN(C(=O)C(C(C)C)N(C)C(=O)OC)C(C)c1ncc(-c2ccc3cc(-c4ccc(-c5cnc(C6C7CCC(C7)N6C(=O)C(NC(=O)OC)C(C)C)[nH]5)cc4)ccc3c2)[nH]1. The maximum Gasteiger partial charge on any atom is 0.409 e. The predicted molar refractivity (Wildman–Crippen MR) is 239 cm³/mol. The molecule has 328 valence electrons. The maximum absolute atomic E-state index is 14.0. The van der Waals surface area contributed by atoms with Gasteiger partial charge >= 0.3 is 12.2 Å². The van der Waals surface area contributed by atoms with Gasteiger partial charge in [-0.1, -0.05) is 83.1 Å². The lowest BCUT2D eigenvalue weighted by Crippen LogP contribution is -2.54. The highest BCUT2D eigenvalue weighted by atomic mass is 16.5. The molecule has 1 aliphatic carbocycles. The van der Waals surface area contributed by atoms with Gasteiger partial charge in [0.2, 0.25) is 11.8 Å². The van der Waals surface area contributed by atoms with Gasteiger partial charge < -0.3 is 34.6 Å². The van der Waals surface area contributed by atoms with Crippen molar-refractivity contribution in [2.24, 2.45) is 17.8 Å². The molecule has 62 heavy (non-hydrogen) atoms. The molecular formula is C48H60N8O6. The van der Waals surface area contributed by atoms with Crippen molar-refractivity contribution in [3.8, 4) is 33.6 Å². The fraction of sp³-hybridized carbons (Fsp3) is 0.458. The average molecular weight is 845 g/mol. The van der Waals surface area contributed by atoms with Crippen molar-refractivity contribution in [1.82, 2.24) is 40.0 Å². The molecule has 0 radical (unpaired) electrons. The number of aromatic nitrogens is 4. The number of alkyl carbamates (subject to hydrolysis) is 1. The van der Waals surface area contributed by atoms with E-state index in [2.05, 4.69) is 75.9 Å². The van der Waals surface area contributed by atoms with Gasteiger partial charge in [-0.2, -0.15) is 0 Å². The summed E-state index contributed by atoms with van der Waals surface area (Å²) < 4.78 is 9.76. The lowest BCUT2D eigenvalue weighted by molar-refractivity contribution is -0.140. The van der Waals surface area contributed by atoms with Crippen molar-refractivity contribution in [1.29, 1.82) is 0 Å². The van der Waals surface area contributed by atoms with Gasteiger partial charge in [-0.25, -0.2) is 19.6 Å². The van der Waals surface area contributed by atoms with Crippen LogP contribution in [0.15, 0.2) is 73.1 Å². The first-order valence-electron chi connectivity index (χ1n) is 21.8. The van der Waals surface area contributed by atoms with Crippen LogP contribution in [0.25, 0.3) is 44.4 Å². The second-order valence-corrected chi connectivity index (χ2v) is 17.5. The molecule has 7 rings (SSSR count). The van der Waals surface area contributed by atoms with Crippen molar-refractivity contribution in [2.75, 3.05) is 27.8 Å². The number of amides is 4. The van der Waals surface area contributed by atoms with Crippen LogP contribution < -0.4 is 5.32 Å². The fourth-order valence-corrected chi connectivity index (χ4v) is 9.49. The molecule has 5 aromatic rings. The minimum atomic E-state index is -0.683. The van der Waals surface area contributed by atoms with E-state index >= 15 is 0 Å². The van der Waals surface area contributed by atoms with Crippen molar-refractivity contribution in [3.05, 3.63) is 84.7 Å². The highest BCUT2D eigenvalue weighted by Crippen LogP contribution is 2.50. The Kier molecular flexibility index (Phi) is 13.0. The van der Waals surface area contributed by atoms with Gasteiger partial charge in [0.1, 0.15) is 23.7 Å². The van der Waals surface area contributed by atoms with Crippen LogP contribution in [0, 0.1) is 17.8 Å². The lowest BCUT2D eigenvalue weighted by atomic mass is 9.95. The average Bonchev–Trinajstić information content (AvgIpc) is 4.12. The van der Waals surface area contributed by atoms with Gasteiger partial charge in [0.25, 0.3) is 0 Å². The zero-order chi connectivity index (χ0) is 44.4. The van der Waals surface area contributed by atoms with Crippen molar-refractivity contribution >= 4 is 34.8 Å². The molecule has 1 saturated carbocycles. The second kappa shape index (κ2) is 18.4. The topological polar surface area (TPSA) is 166 Å². The number of nitrogens with one attached hydrogen (secondary N) is 3. The number of imidazole rings is 2. The van der Waals surface area contributed by atoms with Gasteiger partial charge in [-0.05, 0) is 90.0 Å². The summed E-state index contributed by atoms with van der Waals surface area (Å²) in [6.45, 7) is 12.2. The Labute approximate surface area is 363 Å². The number of H-pyrrole nitrogens is 2. The Morgan fingerprint density at radius 1 is 0.806 bits per heavy atom. The minimum Gasteiger partial charge on any atom is -0.453 e. The summed E-state index contributed by atoms with van der Waals surface area (Å²) >= 11 is 0. The zero-order valence-electron chi connectivity index (χ0n) is 37.3. The van der Waals surface area contributed by atoms with Crippen LogP contribution in [-0.4, -0.2) is 105 Å². The molecule has 14 nitrogen and oxygen atoms in total. The summed E-state index contributed by atoms with van der Waals surface area (Å²) in [6.07, 6.45) is 6.17. The molecule has 2 aromatic heterocycles. The minimum absolute atomic E-state index is 0.0932. The van der Waals surface area contributed by atoms with Gasteiger partial charge in [-0.15, -0.1) is 0 Å². The molecule has 14 heteroatoms. The molecule has 3 aromatic carbocycles. The molecule has 6 atom stereocenters. The zero-order valence-corrected chi connectivity index (χ0v) is 37.3. The van der Waals surface area contributed by atoms with Crippen LogP contribution >= 0.6 is 0 Å². The predicted octanol–water partition coefficient (Wildman–Crippen LogP) is 8.74. The molecule has 2 fully saturated rings. The number of carbonyl (C=O) groups excluding carboxylic acids is 4. The number of benzene rings is 3. The smallest absolute Gasteiger partial charge is 0.409 e. The molecule has 3 heterocycles. The largest absolute Gasteiger partial charge is 0.453 e. The number of piperidine rings is 1.